The molecule has 0 aliphatic heterocycles. The van der Waals surface area contributed by atoms with Crippen LogP contribution >= 0.6 is 20.7 Å². The summed E-state index contributed by atoms with van der Waals surface area (Å²) in [5.74, 6) is -0.00593. The largest absolute Gasteiger partial charge is 0.274 e. The van der Waals surface area contributed by atoms with Gasteiger partial charge in [-0.2, -0.15) is 0 Å². The summed E-state index contributed by atoms with van der Waals surface area (Å²) in [6.07, 6.45) is 0. The van der Waals surface area contributed by atoms with Crippen LogP contribution in [0, 0.1) is 0 Å². The molecule has 0 unspecified atom stereocenters. The van der Waals surface area contributed by atoms with Crippen molar-refractivity contribution in [1.82, 2.24) is 4.57 Å². The number of hydrogen-bond donors (Lipinski definition) is 0. The van der Waals surface area contributed by atoms with E-state index < -0.39 is 0 Å². The van der Waals surface area contributed by atoms with Gasteiger partial charge in [-0.3, -0.25) is 9.36 Å². The highest BCUT2D eigenvalue weighted by Crippen LogP contribution is 2.28. The molecule has 0 fully saturated rings. The molecule has 0 saturated carbocycles. The SMILES string of the molecule is O=C(c1ccccc1)n1c2ccccc2ssc2ccccc21. The Labute approximate surface area is 140 Å². The lowest BCUT2D eigenvalue weighted by molar-refractivity contribution is 0.0969. The molecule has 4 rings (SSSR count). The summed E-state index contributed by atoms with van der Waals surface area (Å²) in [5, 5.41) is 0. The van der Waals surface area contributed by atoms with Crippen LogP contribution in [-0.2, 0) is 0 Å². The van der Waals surface area contributed by atoms with Crippen molar-refractivity contribution in [3.8, 4) is 0 Å². The highest BCUT2D eigenvalue weighted by molar-refractivity contribution is 7.73. The summed E-state index contributed by atoms with van der Waals surface area (Å²) in [7, 11) is 3.38. The number of nitrogens with zero attached hydrogens (tertiary/aromatic N) is 1. The van der Waals surface area contributed by atoms with Gasteiger partial charge in [0.2, 0.25) is 0 Å². The van der Waals surface area contributed by atoms with Gasteiger partial charge in [-0.25, -0.2) is 0 Å². The van der Waals surface area contributed by atoms with Crippen LogP contribution in [-0.4, -0.2) is 10.5 Å². The number of benzene rings is 3. The molecular formula is C19H13NOS2. The van der Waals surface area contributed by atoms with E-state index in [0.29, 0.717) is 5.56 Å². The molecule has 4 aromatic rings. The van der Waals surface area contributed by atoms with E-state index in [1.807, 2.05) is 71.3 Å². The van der Waals surface area contributed by atoms with E-state index in [1.165, 1.54) is 0 Å². The Balaban J connectivity index is 2.16. The first-order valence-electron chi connectivity index (χ1n) is 7.27. The summed E-state index contributed by atoms with van der Waals surface area (Å²) in [6, 6.07) is 25.5. The van der Waals surface area contributed by atoms with E-state index in [2.05, 4.69) is 12.1 Å². The lowest BCUT2D eigenvalue weighted by Crippen LogP contribution is -2.12. The van der Waals surface area contributed by atoms with Crippen LogP contribution in [0.15, 0.2) is 78.9 Å². The summed E-state index contributed by atoms with van der Waals surface area (Å²) in [4.78, 5) is 13.2. The maximum Gasteiger partial charge on any atom is 0.262 e. The van der Waals surface area contributed by atoms with Crippen LogP contribution in [0.1, 0.15) is 10.4 Å². The van der Waals surface area contributed by atoms with Crippen molar-refractivity contribution in [1.29, 1.82) is 0 Å². The van der Waals surface area contributed by atoms with Crippen LogP contribution < -0.4 is 0 Å². The quantitative estimate of drug-likeness (QED) is 0.407. The number of carbonyl (C=O) groups excluding carboxylic acids is 1. The maximum absolute atomic E-state index is 13.2. The summed E-state index contributed by atoms with van der Waals surface area (Å²) in [6.45, 7) is 0. The van der Waals surface area contributed by atoms with Gasteiger partial charge in [0.25, 0.3) is 5.91 Å². The Bertz CT molecular complexity index is 980. The van der Waals surface area contributed by atoms with E-state index in [0.717, 1.165) is 20.4 Å². The van der Waals surface area contributed by atoms with E-state index in [1.54, 1.807) is 20.7 Å². The van der Waals surface area contributed by atoms with Gasteiger partial charge < -0.3 is 0 Å². The summed E-state index contributed by atoms with van der Waals surface area (Å²) in [5.41, 5.74) is 2.56. The Hall–Kier alpha value is -2.43. The standard InChI is InChI=1S/C19H13NOS2/c21-19(14-8-2-1-3-9-14)20-15-10-4-6-12-17(15)22-23-18-13-7-5-11-16(18)20/h1-13H. The molecule has 3 aromatic carbocycles. The normalized spacial score (nSPS) is 10.8. The fourth-order valence-corrected chi connectivity index (χ4v) is 4.89. The first-order valence-corrected chi connectivity index (χ1v) is 9.42. The molecule has 0 spiro atoms. The molecule has 0 aliphatic rings. The predicted molar refractivity (Wildman–Crippen MR) is 99.0 cm³/mol. The average molecular weight is 335 g/mol. The second-order valence-corrected chi connectivity index (χ2v) is 7.32. The van der Waals surface area contributed by atoms with E-state index >= 15 is 0 Å². The van der Waals surface area contributed by atoms with E-state index in [4.69, 9.17) is 0 Å². The van der Waals surface area contributed by atoms with Crippen molar-refractivity contribution >= 4 is 47.0 Å². The third-order valence-electron chi connectivity index (χ3n) is 3.66. The van der Waals surface area contributed by atoms with Crippen molar-refractivity contribution in [2.45, 2.75) is 0 Å². The minimum atomic E-state index is -0.00593. The number of carbonyl (C=O) groups is 1. The third kappa shape index (κ3) is 2.56. The van der Waals surface area contributed by atoms with Gasteiger partial charge >= 0.3 is 0 Å². The smallest absolute Gasteiger partial charge is 0.262 e. The topological polar surface area (TPSA) is 22.0 Å². The molecule has 1 heterocycles. The Morgan fingerprint density at radius 1 is 0.652 bits per heavy atom. The van der Waals surface area contributed by atoms with Crippen LogP contribution in [0.4, 0.5) is 0 Å². The molecule has 0 N–H and O–H groups in total. The molecular weight excluding hydrogens is 322 g/mol. The molecule has 112 valence electrons. The minimum absolute atomic E-state index is 0.00593. The predicted octanol–water partition coefficient (Wildman–Crippen LogP) is 5.73. The van der Waals surface area contributed by atoms with Crippen LogP contribution in [0.3, 0.4) is 0 Å². The molecule has 2 nitrogen and oxygen atoms in total. The molecule has 0 saturated heterocycles. The van der Waals surface area contributed by atoms with Crippen molar-refractivity contribution < 1.29 is 4.79 Å². The van der Waals surface area contributed by atoms with E-state index in [9.17, 15) is 4.79 Å². The maximum atomic E-state index is 13.2. The Morgan fingerprint density at radius 3 is 1.70 bits per heavy atom. The van der Waals surface area contributed by atoms with Crippen LogP contribution in [0.25, 0.3) is 20.4 Å². The second-order valence-electron chi connectivity index (χ2n) is 5.11. The number of hydrogen-bond acceptors (Lipinski definition) is 3. The number of rotatable bonds is 1. The van der Waals surface area contributed by atoms with Crippen molar-refractivity contribution in [2.75, 3.05) is 0 Å². The average Bonchev–Trinajstić information content (AvgIpc) is 2.79. The summed E-state index contributed by atoms with van der Waals surface area (Å²) < 4.78 is 4.02. The molecule has 0 amide bonds. The molecule has 4 heteroatoms. The molecule has 1 aromatic heterocycles. The zero-order valence-corrected chi connectivity index (χ0v) is 13.8. The van der Waals surface area contributed by atoms with Gasteiger partial charge in [-0.15, -0.1) is 0 Å². The second kappa shape index (κ2) is 5.99. The number of fused-ring (bicyclic) bond motifs is 2. The number of aromatic nitrogens is 1. The Morgan fingerprint density at radius 2 is 1.13 bits per heavy atom. The zero-order chi connectivity index (χ0) is 15.6. The lowest BCUT2D eigenvalue weighted by Gasteiger charge is -2.09. The highest BCUT2D eigenvalue weighted by atomic mass is 32.9. The molecule has 0 radical (unpaired) electrons. The fraction of sp³-hybridized carbons (Fsp3) is 0. The van der Waals surface area contributed by atoms with Gasteiger partial charge in [0.1, 0.15) is 0 Å². The van der Waals surface area contributed by atoms with E-state index in [-0.39, 0.29) is 5.91 Å². The van der Waals surface area contributed by atoms with Gasteiger partial charge in [0.15, 0.2) is 0 Å². The van der Waals surface area contributed by atoms with Gasteiger partial charge in [0.05, 0.1) is 20.4 Å². The van der Waals surface area contributed by atoms with Gasteiger partial charge in [-0.1, -0.05) is 63.1 Å². The van der Waals surface area contributed by atoms with Crippen LogP contribution in [0.5, 0.6) is 0 Å². The molecule has 0 bridgehead atoms. The zero-order valence-electron chi connectivity index (χ0n) is 12.2. The van der Waals surface area contributed by atoms with Crippen LogP contribution in [0.2, 0.25) is 0 Å². The van der Waals surface area contributed by atoms with Crippen molar-refractivity contribution in [3.63, 3.8) is 0 Å². The monoisotopic (exact) mass is 335 g/mol. The minimum Gasteiger partial charge on any atom is -0.274 e. The lowest BCUT2D eigenvalue weighted by atomic mass is 10.2. The molecule has 0 atom stereocenters. The van der Waals surface area contributed by atoms with Gasteiger partial charge in [0, 0.05) is 5.56 Å². The highest BCUT2D eigenvalue weighted by Gasteiger charge is 2.13. The van der Waals surface area contributed by atoms with Crippen molar-refractivity contribution in [3.05, 3.63) is 84.4 Å². The third-order valence-corrected chi connectivity index (χ3v) is 6.12. The fourth-order valence-electron chi connectivity index (χ4n) is 2.57. The first-order chi connectivity index (χ1) is 11.3. The summed E-state index contributed by atoms with van der Waals surface area (Å²) >= 11 is 0. The van der Waals surface area contributed by atoms with Crippen molar-refractivity contribution in [2.24, 2.45) is 0 Å². The molecule has 23 heavy (non-hydrogen) atoms. The first kappa shape index (κ1) is 14.2. The van der Waals surface area contributed by atoms with Gasteiger partial charge in [-0.05, 0) is 36.4 Å². The molecule has 0 aliphatic carbocycles. The Kier molecular flexibility index (Phi) is 3.69. The number of para-hydroxylation sites is 2.